The Labute approximate surface area is 153 Å². The Kier molecular flexibility index (Phi) is 6.09. The van der Waals surface area contributed by atoms with E-state index in [1.54, 1.807) is 30.9 Å². The van der Waals surface area contributed by atoms with Gasteiger partial charge in [0.2, 0.25) is 0 Å². The van der Waals surface area contributed by atoms with Gasteiger partial charge >= 0.3 is 0 Å². The summed E-state index contributed by atoms with van der Waals surface area (Å²) >= 11 is 0. The van der Waals surface area contributed by atoms with Crippen LogP contribution in [0.25, 0.3) is 0 Å². The lowest BCUT2D eigenvalue weighted by Crippen LogP contribution is -2.38. The van der Waals surface area contributed by atoms with Gasteiger partial charge in [-0.3, -0.25) is 4.79 Å². The summed E-state index contributed by atoms with van der Waals surface area (Å²) in [5.74, 6) is 1.20. The minimum atomic E-state index is -0.0711. The van der Waals surface area contributed by atoms with E-state index in [0.717, 1.165) is 25.7 Å². The lowest BCUT2D eigenvalue weighted by molar-refractivity contribution is 0.0921. The lowest BCUT2D eigenvalue weighted by atomic mass is 9.91. The topological polar surface area (TPSA) is 78.3 Å². The number of ether oxygens (including phenoxy) is 2. The molecule has 2 aromatic rings. The number of hydrogen-bond donors (Lipinski definition) is 1. The van der Waals surface area contributed by atoms with Crippen LogP contribution in [-0.2, 0) is 0 Å². The number of aromatic nitrogens is 3. The van der Waals surface area contributed by atoms with Gasteiger partial charge in [0, 0.05) is 11.6 Å². The van der Waals surface area contributed by atoms with Crippen molar-refractivity contribution in [3.8, 4) is 11.5 Å². The van der Waals surface area contributed by atoms with Crippen LogP contribution in [-0.4, -0.2) is 39.9 Å². The molecule has 0 atom stereocenters. The van der Waals surface area contributed by atoms with Crippen molar-refractivity contribution in [3.05, 3.63) is 36.4 Å². The minimum Gasteiger partial charge on any atom is -0.490 e. The molecule has 0 aliphatic heterocycles. The van der Waals surface area contributed by atoms with Crippen molar-refractivity contribution < 1.29 is 14.3 Å². The molecule has 1 heterocycles. The molecule has 3 rings (SSSR count). The maximum atomic E-state index is 12.6. The number of hydrogen-bond acceptors (Lipinski definition) is 5. The van der Waals surface area contributed by atoms with E-state index in [2.05, 4.69) is 15.4 Å². The zero-order chi connectivity index (χ0) is 18.4. The third-order valence-corrected chi connectivity index (χ3v) is 4.65. The highest BCUT2D eigenvalue weighted by Gasteiger charge is 2.24. The summed E-state index contributed by atoms with van der Waals surface area (Å²) in [7, 11) is 0. The second-order valence-corrected chi connectivity index (χ2v) is 6.38. The van der Waals surface area contributed by atoms with Crippen LogP contribution >= 0.6 is 0 Å². The monoisotopic (exact) mass is 358 g/mol. The van der Waals surface area contributed by atoms with Gasteiger partial charge < -0.3 is 14.8 Å². The molecule has 0 radical (unpaired) electrons. The van der Waals surface area contributed by atoms with E-state index in [9.17, 15) is 4.79 Å². The Bertz CT molecular complexity index is 710. The largest absolute Gasteiger partial charge is 0.490 e. The van der Waals surface area contributed by atoms with Crippen molar-refractivity contribution in [2.45, 2.75) is 51.6 Å². The van der Waals surface area contributed by atoms with Gasteiger partial charge in [0.25, 0.3) is 5.91 Å². The molecule has 1 fully saturated rings. The molecule has 1 N–H and O–H groups in total. The molecule has 7 nitrogen and oxygen atoms in total. The maximum absolute atomic E-state index is 12.6. The predicted molar refractivity (Wildman–Crippen MR) is 97.6 cm³/mol. The van der Waals surface area contributed by atoms with Gasteiger partial charge in [0.05, 0.1) is 19.3 Å². The molecule has 0 spiro atoms. The Morgan fingerprint density at radius 3 is 2.54 bits per heavy atom. The van der Waals surface area contributed by atoms with Crippen molar-refractivity contribution in [2.24, 2.45) is 0 Å². The van der Waals surface area contributed by atoms with Crippen molar-refractivity contribution >= 4 is 5.91 Å². The first-order valence-electron chi connectivity index (χ1n) is 9.25. The number of benzene rings is 1. The maximum Gasteiger partial charge on any atom is 0.251 e. The van der Waals surface area contributed by atoms with Crippen LogP contribution in [0, 0.1) is 0 Å². The fourth-order valence-electron chi connectivity index (χ4n) is 3.35. The zero-order valence-corrected chi connectivity index (χ0v) is 15.4. The van der Waals surface area contributed by atoms with Crippen molar-refractivity contribution in [2.75, 3.05) is 13.2 Å². The molecular weight excluding hydrogens is 332 g/mol. The molecule has 0 unspecified atom stereocenters. The smallest absolute Gasteiger partial charge is 0.251 e. The minimum absolute atomic E-state index is 0.0711. The van der Waals surface area contributed by atoms with Gasteiger partial charge in [-0.05, 0) is 57.7 Å². The van der Waals surface area contributed by atoms with Gasteiger partial charge in [-0.1, -0.05) is 0 Å². The summed E-state index contributed by atoms with van der Waals surface area (Å²) in [6.07, 6.45) is 7.18. The molecule has 1 saturated carbocycles. The van der Waals surface area contributed by atoms with Crippen LogP contribution in [0.1, 0.15) is 55.9 Å². The Morgan fingerprint density at radius 1 is 1.15 bits per heavy atom. The van der Waals surface area contributed by atoms with E-state index in [0.29, 0.717) is 36.3 Å². The molecular formula is C19H26N4O3. The molecule has 0 saturated heterocycles. The van der Waals surface area contributed by atoms with Crippen LogP contribution in [0.15, 0.2) is 30.9 Å². The highest BCUT2D eigenvalue weighted by atomic mass is 16.5. The van der Waals surface area contributed by atoms with E-state index < -0.39 is 0 Å². The average Bonchev–Trinajstić information content (AvgIpc) is 3.19. The summed E-state index contributed by atoms with van der Waals surface area (Å²) in [6, 6.07) is 5.89. The highest BCUT2D eigenvalue weighted by molar-refractivity contribution is 5.95. The van der Waals surface area contributed by atoms with Crippen molar-refractivity contribution in [3.63, 3.8) is 0 Å². The van der Waals surface area contributed by atoms with Gasteiger partial charge in [0.15, 0.2) is 11.5 Å². The standard InChI is InChI=1S/C19H26N4O3/c1-3-25-17-10-5-14(11-18(17)26-4-2)19(24)22-15-6-8-16(9-7-15)23-13-20-12-21-23/h5,10-13,15-16H,3-4,6-9H2,1-2H3,(H,22,24). The molecule has 1 aromatic heterocycles. The van der Waals surface area contributed by atoms with Crippen LogP contribution < -0.4 is 14.8 Å². The SMILES string of the molecule is CCOc1ccc(C(=O)NC2CCC(n3cncn3)CC2)cc1OCC. The Morgan fingerprint density at radius 2 is 1.88 bits per heavy atom. The van der Waals surface area contributed by atoms with Crippen LogP contribution in [0.4, 0.5) is 0 Å². The lowest BCUT2D eigenvalue weighted by Gasteiger charge is -2.29. The van der Waals surface area contributed by atoms with E-state index in [4.69, 9.17) is 9.47 Å². The molecule has 26 heavy (non-hydrogen) atoms. The zero-order valence-electron chi connectivity index (χ0n) is 15.4. The van der Waals surface area contributed by atoms with E-state index in [1.165, 1.54) is 0 Å². The predicted octanol–water partition coefficient (Wildman–Crippen LogP) is 2.99. The van der Waals surface area contributed by atoms with Crippen LogP contribution in [0.2, 0.25) is 0 Å². The molecule has 1 amide bonds. The summed E-state index contributed by atoms with van der Waals surface area (Å²) < 4.78 is 13.1. The number of amides is 1. The molecule has 0 bridgehead atoms. The molecule has 7 heteroatoms. The first kappa shape index (κ1) is 18.2. The number of nitrogens with zero attached hydrogens (tertiary/aromatic N) is 3. The summed E-state index contributed by atoms with van der Waals surface area (Å²) in [6.45, 7) is 4.92. The number of carbonyl (C=O) groups is 1. The summed E-state index contributed by atoms with van der Waals surface area (Å²) in [5.41, 5.74) is 0.593. The number of rotatable bonds is 7. The first-order chi connectivity index (χ1) is 12.7. The Hall–Kier alpha value is -2.57. The highest BCUT2D eigenvalue weighted by Crippen LogP contribution is 2.30. The Balaban J connectivity index is 1.59. The molecule has 1 aromatic carbocycles. The number of nitrogens with one attached hydrogen (secondary N) is 1. The van der Waals surface area contributed by atoms with Gasteiger partial charge in [0.1, 0.15) is 12.7 Å². The van der Waals surface area contributed by atoms with E-state index in [-0.39, 0.29) is 11.9 Å². The van der Waals surface area contributed by atoms with Gasteiger partial charge in [-0.2, -0.15) is 5.10 Å². The van der Waals surface area contributed by atoms with Gasteiger partial charge in [-0.15, -0.1) is 0 Å². The third kappa shape index (κ3) is 4.33. The van der Waals surface area contributed by atoms with E-state index >= 15 is 0 Å². The first-order valence-corrected chi connectivity index (χ1v) is 9.25. The second kappa shape index (κ2) is 8.69. The van der Waals surface area contributed by atoms with Crippen LogP contribution in [0.5, 0.6) is 11.5 Å². The number of carbonyl (C=O) groups excluding carboxylic acids is 1. The van der Waals surface area contributed by atoms with E-state index in [1.807, 2.05) is 18.5 Å². The van der Waals surface area contributed by atoms with Crippen LogP contribution in [0.3, 0.4) is 0 Å². The van der Waals surface area contributed by atoms with Crippen molar-refractivity contribution in [1.82, 2.24) is 20.1 Å². The van der Waals surface area contributed by atoms with Crippen molar-refractivity contribution in [1.29, 1.82) is 0 Å². The summed E-state index contributed by atoms with van der Waals surface area (Å²) in [4.78, 5) is 16.6. The third-order valence-electron chi connectivity index (χ3n) is 4.65. The fourth-order valence-corrected chi connectivity index (χ4v) is 3.35. The summed E-state index contributed by atoms with van der Waals surface area (Å²) in [5, 5.41) is 7.36. The normalized spacial score (nSPS) is 19.8. The average molecular weight is 358 g/mol. The molecule has 1 aliphatic rings. The quantitative estimate of drug-likeness (QED) is 0.823. The van der Waals surface area contributed by atoms with Gasteiger partial charge in [-0.25, -0.2) is 9.67 Å². The molecule has 140 valence electrons. The molecule has 1 aliphatic carbocycles. The fraction of sp³-hybridized carbons (Fsp3) is 0.526. The second-order valence-electron chi connectivity index (χ2n) is 6.38.